The molecule has 0 aromatic heterocycles. The van der Waals surface area contributed by atoms with Crippen LogP contribution in [0.1, 0.15) is 17.3 Å². The monoisotopic (exact) mass is 276 g/mol. The lowest BCUT2D eigenvalue weighted by Gasteiger charge is -2.12. The number of ether oxygens (including phenoxy) is 1. The van der Waals surface area contributed by atoms with Crippen molar-refractivity contribution in [1.82, 2.24) is 5.32 Å². The molecule has 0 bridgehead atoms. The topological polar surface area (TPSA) is 67.4 Å². The number of anilines is 1. The average molecular weight is 276 g/mol. The maximum absolute atomic E-state index is 13.6. The molecule has 8 heteroatoms. The van der Waals surface area contributed by atoms with Gasteiger partial charge in [0, 0.05) is 6.54 Å². The number of halogens is 3. The van der Waals surface area contributed by atoms with Gasteiger partial charge in [-0.1, -0.05) is 0 Å². The van der Waals surface area contributed by atoms with Gasteiger partial charge in [-0.2, -0.15) is 0 Å². The van der Waals surface area contributed by atoms with Gasteiger partial charge in [0.05, 0.1) is 18.4 Å². The van der Waals surface area contributed by atoms with Crippen LogP contribution in [0.3, 0.4) is 0 Å². The normalized spacial score (nSPS) is 9.95. The van der Waals surface area contributed by atoms with Crippen molar-refractivity contribution >= 4 is 17.7 Å². The standard InChI is InChI=1S/C11H11F3N2O3/c1-3-15-11(18)16-9-5(10(17)19-2)4-6(12)7(13)8(9)14/h4H,3H2,1-2H3,(H2,15,16,18). The fourth-order valence-electron chi connectivity index (χ4n) is 1.31. The summed E-state index contributed by atoms with van der Waals surface area (Å²) in [5.41, 5.74) is -1.40. The highest BCUT2D eigenvalue weighted by molar-refractivity contribution is 6.01. The zero-order valence-electron chi connectivity index (χ0n) is 10.1. The van der Waals surface area contributed by atoms with Gasteiger partial charge in [0.2, 0.25) is 0 Å². The lowest BCUT2D eigenvalue weighted by atomic mass is 10.1. The van der Waals surface area contributed by atoms with Gasteiger partial charge in [-0.25, -0.2) is 22.8 Å². The number of benzene rings is 1. The first-order valence-corrected chi connectivity index (χ1v) is 5.23. The molecule has 0 aliphatic carbocycles. The van der Waals surface area contributed by atoms with E-state index in [0.717, 1.165) is 7.11 Å². The van der Waals surface area contributed by atoms with E-state index in [1.807, 2.05) is 5.32 Å². The first kappa shape index (κ1) is 14.8. The van der Waals surface area contributed by atoms with Crippen LogP contribution in [0, 0.1) is 17.5 Å². The van der Waals surface area contributed by atoms with Crippen LogP contribution in [0.25, 0.3) is 0 Å². The number of carbonyl (C=O) groups is 2. The summed E-state index contributed by atoms with van der Waals surface area (Å²) in [7, 11) is 0.984. The van der Waals surface area contributed by atoms with E-state index in [2.05, 4.69) is 10.1 Å². The molecule has 5 nitrogen and oxygen atoms in total. The molecule has 0 heterocycles. The highest BCUT2D eigenvalue weighted by atomic mass is 19.2. The molecule has 104 valence electrons. The first-order valence-electron chi connectivity index (χ1n) is 5.23. The summed E-state index contributed by atoms with van der Waals surface area (Å²) >= 11 is 0. The largest absolute Gasteiger partial charge is 0.465 e. The summed E-state index contributed by atoms with van der Waals surface area (Å²) in [6, 6.07) is -0.413. The lowest BCUT2D eigenvalue weighted by molar-refractivity contribution is 0.0600. The Bertz CT molecular complexity index is 520. The van der Waals surface area contributed by atoms with E-state index in [1.54, 1.807) is 6.92 Å². The molecule has 2 amide bonds. The molecular formula is C11H11F3N2O3. The molecule has 0 aliphatic rings. The van der Waals surface area contributed by atoms with Crippen molar-refractivity contribution in [2.24, 2.45) is 0 Å². The van der Waals surface area contributed by atoms with Crippen molar-refractivity contribution in [2.45, 2.75) is 6.92 Å². The van der Waals surface area contributed by atoms with Crippen LogP contribution in [0.15, 0.2) is 6.07 Å². The van der Waals surface area contributed by atoms with Gasteiger partial charge < -0.3 is 15.4 Å². The second-order valence-electron chi connectivity index (χ2n) is 3.38. The average Bonchev–Trinajstić information content (AvgIpc) is 2.38. The fourth-order valence-corrected chi connectivity index (χ4v) is 1.31. The van der Waals surface area contributed by atoms with Gasteiger partial charge in [0.25, 0.3) is 0 Å². The van der Waals surface area contributed by atoms with Crippen molar-refractivity contribution in [3.63, 3.8) is 0 Å². The Labute approximate surface area is 106 Å². The molecule has 0 spiro atoms. The van der Waals surface area contributed by atoms with E-state index in [9.17, 15) is 22.8 Å². The van der Waals surface area contributed by atoms with E-state index < -0.39 is 40.7 Å². The summed E-state index contributed by atoms with van der Waals surface area (Å²) in [6.07, 6.45) is 0. The van der Waals surface area contributed by atoms with E-state index in [1.165, 1.54) is 0 Å². The van der Waals surface area contributed by atoms with Crippen LogP contribution in [0.4, 0.5) is 23.7 Å². The molecule has 1 aromatic rings. The lowest BCUT2D eigenvalue weighted by Crippen LogP contribution is -2.30. The molecule has 0 fully saturated rings. The van der Waals surface area contributed by atoms with Crippen molar-refractivity contribution in [3.8, 4) is 0 Å². The number of nitrogens with one attached hydrogen (secondary N) is 2. The van der Waals surface area contributed by atoms with Crippen molar-refractivity contribution in [2.75, 3.05) is 19.0 Å². The van der Waals surface area contributed by atoms with E-state index in [-0.39, 0.29) is 6.54 Å². The summed E-state index contributed by atoms with van der Waals surface area (Å²) in [5.74, 6) is -6.13. The van der Waals surface area contributed by atoms with Gasteiger partial charge in [0.1, 0.15) is 0 Å². The van der Waals surface area contributed by atoms with Crippen molar-refractivity contribution in [3.05, 3.63) is 29.1 Å². The molecule has 0 aliphatic heterocycles. The highest BCUT2D eigenvalue weighted by Gasteiger charge is 2.24. The quantitative estimate of drug-likeness (QED) is 0.655. The third-order valence-electron chi connectivity index (χ3n) is 2.14. The number of methoxy groups -OCH3 is 1. The van der Waals surface area contributed by atoms with Gasteiger partial charge in [-0.3, -0.25) is 0 Å². The van der Waals surface area contributed by atoms with Crippen LogP contribution < -0.4 is 10.6 Å². The predicted octanol–water partition coefficient (Wildman–Crippen LogP) is 2.03. The maximum atomic E-state index is 13.6. The number of amides is 2. The number of rotatable bonds is 3. The smallest absolute Gasteiger partial charge is 0.340 e. The SMILES string of the molecule is CCNC(=O)Nc1c(C(=O)OC)cc(F)c(F)c1F. The fraction of sp³-hybridized carbons (Fsp3) is 0.273. The van der Waals surface area contributed by atoms with E-state index >= 15 is 0 Å². The predicted molar refractivity (Wildman–Crippen MR) is 60.4 cm³/mol. The van der Waals surface area contributed by atoms with Gasteiger partial charge in [-0.05, 0) is 13.0 Å². The number of hydrogen-bond donors (Lipinski definition) is 2. The Balaban J connectivity index is 3.29. The molecule has 2 N–H and O–H groups in total. The van der Waals surface area contributed by atoms with Gasteiger partial charge >= 0.3 is 12.0 Å². The second-order valence-corrected chi connectivity index (χ2v) is 3.38. The van der Waals surface area contributed by atoms with Crippen molar-refractivity contribution < 1.29 is 27.5 Å². The zero-order chi connectivity index (χ0) is 14.6. The molecule has 0 saturated carbocycles. The third kappa shape index (κ3) is 3.15. The minimum absolute atomic E-state index is 0.227. The Morgan fingerprint density at radius 1 is 1.26 bits per heavy atom. The summed E-state index contributed by atoms with van der Waals surface area (Å²) < 4.78 is 44.0. The Morgan fingerprint density at radius 2 is 1.89 bits per heavy atom. The van der Waals surface area contributed by atoms with Crippen LogP contribution in [0.5, 0.6) is 0 Å². The first-order chi connectivity index (χ1) is 8.92. The number of urea groups is 1. The summed E-state index contributed by atoms with van der Waals surface area (Å²) in [5, 5.41) is 4.18. The molecule has 1 aromatic carbocycles. The summed E-state index contributed by atoms with van der Waals surface area (Å²) in [4.78, 5) is 22.6. The van der Waals surface area contributed by atoms with Crippen LogP contribution >= 0.6 is 0 Å². The summed E-state index contributed by atoms with van der Waals surface area (Å²) in [6.45, 7) is 1.83. The number of hydrogen-bond acceptors (Lipinski definition) is 3. The molecule has 1 rings (SSSR count). The molecule has 0 unspecified atom stereocenters. The maximum Gasteiger partial charge on any atom is 0.340 e. The number of esters is 1. The van der Waals surface area contributed by atoms with Gasteiger partial charge in [0.15, 0.2) is 17.5 Å². The zero-order valence-corrected chi connectivity index (χ0v) is 10.1. The minimum atomic E-state index is -1.79. The molecule has 19 heavy (non-hydrogen) atoms. The molecule has 0 radical (unpaired) electrons. The van der Waals surface area contributed by atoms with Crippen molar-refractivity contribution in [1.29, 1.82) is 0 Å². The second kappa shape index (κ2) is 6.07. The Hall–Kier alpha value is -2.25. The Morgan fingerprint density at radius 3 is 2.42 bits per heavy atom. The Kier molecular flexibility index (Phi) is 4.74. The minimum Gasteiger partial charge on any atom is -0.465 e. The van der Waals surface area contributed by atoms with E-state index in [4.69, 9.17) is 0 Å². The van der Waals surface area contributed by atoms with Gasteiger partial charge in [-0.15, -0.1) is 0 Å². The van der Waals surface area contributed by atoms with Crippen LogP contribution in [-0.4, -0.2) is 25.7 Å². The molecular weight excluding hydrogens is 265 g/mol. The molecule has 0 atom stereocenters. The highest BCUT2D eigenvalue weighted by Crippen LogP contribution is 2.25. The molecule has 0 saturated heterocycles. The van der Waals surface area contributed by atoms with Crippen LogP contribution in [0.2, 0.25) is 0 Å². The number of carbonyl (C=O) groups excluding carboxylic acids is 2. The third-order valence-corrected chi connectivity index (χ3v) is 2.14. The van der Waals surface area contributed by atoms with E-state index in [0.29, 0.717) is 6.07 Å². The van der Waals surface area contributed by atoms with Crippen LogP contribution in [-0.2, 0) is 4.74 Å².